The number of hydrogen-bond donors (Lipinski definition) is 2. The Morgan fingerprint density at radius 2 is 1.87 bits per heavy atom. The van der Waals surface area contributed by atoms with Gasteiger partial charge in [-0.1, -0.05) is 22.0 Å². The summed E-state index contributed by atoms with van der Waals surface area (Å²) in [6.07, 6.45) is 0. The Labute approximate surface area is 155 Å². The van der Waals surface area contributed by atoms with E-state index in [0.717, 1.165) is 24.8 Å². The molecule has 23 heavy (non-hydrogen) atoms. The predicted molar refractivity (Wildman–Crippen MR) is 103 cm³/mol. The molecule has 0 aliphatic heterocycles. The molecule has 2 aromatic heterocycles. The predicted octanol–water partition coefficient (Wildman–Crippen LogP) is 4.66. The number of nitrogens with zero attached hydrogens (tertiary/aromatic N) is 2. The molecule has 0 aliphatic carbocycles. The van der Waals surface area contributed by atoms with Gasteiger partial charge in [0.15, 0.2) is 0 Å². The first kappa shape index (κ1) is 16.4. The van der Waals surface area contributed by atoms with Crippen molar-refractivity contribution in [3.05, 3.63) is 56.5 Å². The Morgan fingerprint density at radius 1 is 1.04 bits per heavy atom. The third-order valence-electron chi connectivity index (χ3n) is 3.17. The molecule has 0 atom stereocenters. The second kappa shape index (κ2) is 7.39. The Bertz CT molecular complexity index is 843. The average Bonchev–Trinajstić information content (AvgIpc) is 2.52. The van der Waals surface area contributed by atoms with E-state index in [1.807, 2.05) is 18.2 Å². The van der Waals surface area contributed by atoms with Crippen molar-refractivity contribution >= 4 is 61.1 Å². The molecule has 0 bridgehead atoms. The topological polar surface area (TPSA) is 49.8 Å². The van der Waals surface area contributed by atoms with Crippen LogP contribution >= 0.6 is 38.5 Å². The van der Waals surface area contributed by atoms with Crippen LogP contribution in [0.15, 0.2) is 46.9 Å². The van der Waals surface area contributed by atoms with Crippen molar-refractivity contribution in [1.82, 2.24) is 9.97 Å². The highest BCUT2D eigenvalue weighted by Gasteiger charge is 2.05. The molecule has 4 nitrogen and oxygen atoms in total. The Balaban J connectivity index is 1.63. The van der Waals surface area contributed by atoms with E-state index in [-0.39, 0.29) is 0 Å². The van der Waals surface area contributed by atoms with Gasteiger partial charge in [0.25, 0.3) is 0 Å². The fraction of sp³-hybridized carbons (Fsp3) is 0.125. The van der Waals surface area contributed by atoms with Crippen LogP contribution < -0.4 is 10.6 Å². The molecule has 3 rings (SSSR count). The molecule has 0 spiro atoms. The van der Waals surface area contributed by atoms with E-state index in [1.54, 1.807) is 12.1 Å². The lowest BCUT2D eigenvalue weighted by Gasteiger charge is -2.10. The molecule has 0 amide bonds. The van der Waals surface area contributed by atoms with E-state index in [9.17, 15) is 4.39 Å². The Kier molecular flexibility index (Phi) is 5.27. The summed E-state index contributed by atoms with van der Waals surface area (Å²) in [5.74, 6) is 0.882. The van der Waals surface area contributed by atoms with Crippen LogP contribution in [-0.2, 0) is 0 Å². The van der Waals surface area contributed by atoms with Crippen LogP contribution in [0.1, 0.15) is 0 Å². The van der Waals surface area contributed by atoms with Gasteiger partial charge in [0.1, 0.15) is 11.6 Å². The molecule has 3 aromatic rings. The summed E-state index contributed by atoms with van der Waals surface area (Å²) in [5.41, 5.74) is 0.941. The molecule has 0 radical (unpaired) electrons. The SMILES string of the molecule is Fc1cccc(NCCNc2nc3ccc(Br)cc3cc2I)n1. The standard InChI is InChI=1S/C16H13BrFIN4/c17-11-4-5-13-10(8-11)9-12(19)16(22-13)21-7-6-20-15-3-1-2-14(18)23-15/h1-5,8-9H,6-7H2,(H,20,23)(H,21,22). The molecule has 2 N–H and O–H groups in total. The summed E-state index contributed by atoms with van der Waals surface area (Å²) >= 11 is 5.73. The van der Waals surface area contributed by atoms with Gasteiger partial charge < -0.3 is 10.6 Å². The number of anilines is 2. The van der Waals surface area contributed by atoms with Gasteiger partial charge in [-0.25, -0.2) is 9.97 Å². The van der Waals surface area contributed by atoms with Crippen molar-refractivity contribution in [2.45, 2.75) is 0 Å². The molecule has 7 heteroatoms. The Morgan fingerprint density at radius 3 is 2.70 bits per heavy atom. The van der Waals surface area contributed by atoms with E-state index < -0.39 is 5.95 Å². The second-order valence-electron chi connectivity index (χ2n) is 4.85. The summed E-state index contributed by atoms with van der Waals surface area (Å²) in [6.45, 7) is 1.27. The molecule has 0 saturated carbocycles. The third kappa shape index (κ3) is 4.29. The van der Waals surface area contributed by atoms with Crippen LogP contribution in [0.3, 0.4) is 0 Å². The molecular weight excluding hydrogens is 474 g/mol. The van der Waals surface area contributed by atoms with E-state index >= 15 is 0 Å². The highest BCUT2D eigenvalue weighted by molar-refractivity contribution is 14.1. The minimum Gasteiger partial charge on any atom is -0.368 e. The number of hydrogen-bond acceptors (Lipinski definition) is 4. The fourth-order valence-corrected chi connectivity index (χ4v) is 3.15. The van der Waals surface area contributed by atoms with Crippen molar-refractivity contribution in [2.75, 3.05) is 23.7 Å². The smallest absolute Gasteiger partial charge is 0.214 e. The van der Waals surface area contributed by atoms with Crippen molar-refractivity contribution in [2.24, 2.45) is 0 Å². The molecule has 0 fully saturated rings. The quantitative estimate of drug-likeness (QED) is 0.313. The number of nitrogens with one attached hydrogen (secondary N) is 2. The number of fused-ring (bicyclic) bond motifs is 1. The molecule has 0 aliphatic rings. The average molecular weight is 487 g/mol. The van der Waals surface area contributed by atoms with Gasteiger partial charge in [0.05, 0.1) is 9.09 Å². The fourth-order valence-electron chi connectivity index (χ4n) is 2.12. The normalized spacial score (nSPS) is 10.7. The zero-order valence-corrected chi connectivity index (χ0v) is 15.7. The van der Waals surface area contributed by atoms with Crippen molar-refractivity contribution in [3.8, 4) is 0 Å². The summed E-state index contributed by atoms with van der Waals surface area (Å²) in [5, 5.41) is 7.45. The minimum atomic E-state index is -0.486. The lowest BCUT2D eigenvalue weighted by atomic mass is 10.2. The first-order chi connectivity index (χ1) is 11.1. The van der Waals surface area contributed by atoms with Crippen LogP contribution in [0.4, 0.5) is 16.0 Å². The number of benzene rings is 1. The van der Waals surface area contributed by atoms with Gasteiger partial charge in [-0.3, -0.25) is 0 Å². The highest BCUT2D eigenvalue weighted by atomic mass is 127. The number of halogens is 3. The Hall–Kier alpha value is -1.48. The molecule has 0 saturated heterocycles. The van der Waals surface area contributed by atoms with E-state index in [1.165, 1.54) is 6.07 Å². The van der Waals surface area contributed by atoms with E-state index in [2.05, 4.69) is 65.2 Å². The summed E-state index contributed by atoms with van der Waals surface area (Å²) < 4.78 is 15.1. The summed E-state index contributed by atoms with van der Waals surface area (Å²) in [4.78, 5) is 8.39. The largest absolute Gasteiger partial charge is 0.368 e. The highest BCUT2D eigenvalue weighted by Crippen LogP contribution is 2.24. The number of rotatable bonds is 5. The van der Waals surface area contributed by atoms with Gasteiger partial charge >= 0.3 is 0 Å². The van der Waals surface area contributed by atoms with Crippen LogP contribution in [0.25, 0.3) is 10.9 Å². The molecule has 2 heterocycles. The molecular formula is C16H13BrFIN4. The minimum absolute atomic E-state index is 0.486. The van der Waals surface area contributed by atoms with Crippen LogP contribution in [0, 0.1) is 9.52 Å². The molecule has 0 unspecified atom stereocenters. The van der Waals surface area contributed by atoms with Gasteiger partial charge in [0.2, 0.25) is 5.95 Å². The number of pyridine rings is 2. The monoisotopic (exact) mass is 486 g/mol. The van der Waals surface area contributed by atoms with Gasteiger partial charge in [0, 0.05) is 22.9 Å². The van der Waals surface area contributed by atoms with E-state index in [4.69, 9.17) is 0 Å². The van der Waals surface area contributed by atoms with Gasteiger partial charge in [-0.05, 0) is 59.0 Å². The first-order valence-electron chi connectivity index (χ1n) is 6.98. The summed E-state index contributed by atoms with van der Waals surface area (Å²) in [6, 6.07) is 12.8. The van der Waals surface area contributed by atoms with Crippen LogP contribution in [0.2, 0.25) is 0 Å². The lowest BCUT2D eigenvalue weighted by Crippen LogP contribution is -2.15. The molecule has 118 valence electrons. The number of aromatic nitrogens is 2. The second-order valence-corrected chi connectivity index (χ2v) is 6.93. The van der Waals surface area contributed by atoms with Crippen LogP contribution in [-0.4, -0.2) is 23.1 Å². The van der Waals surface area contributed by atoms with Crippen molar-refractivity contribution < 1.29 is 4.39 Å². The summed E-state index contributed by atoms with van der Waals surface area (Å²) in [7, 11) is 0. The first-order valence-corrected chi connectivity index (χ1v) is 8.85. The zero-order chi connectivity index (χ0) is 16.2. The maximum absolute atomic E-state index is 13.0. The molecule has 1 aromatic carbocycles. The lowest BCUT2D eigenvalue weighted by molar-refractivity contribution is 0.585. The van der Waals surface area contributed by atoms with Crippen molar-refractivity contribution in [3.63, 3.8) is 0 Å². The third-order valence-corrected chi connectivity index (χ3v) is 4.48. The van der Waals surface area contributed by atoms with E-state index in [0.29, 0.717) is 18.9 Å². The maximum Gasteiger partial charge on any atom is 0.214 e. The van der Waals surface area contributed by atoms with Crippen LogP contribution in [0.5, 0.6) is 0 Å². The van der Waals surface area contributed by atoms with Crippen molar-refractivity contribution in [1.29, 1.82) is 0 Å². The van der Waals surface area contributed by atoms with Gasteiger partial charge in [-0.2, -0.15) is 4.39 Å². The zero-order valence-electron chi connectivity index (χ0n) is 12.0. The maximum atomic E-state index is 13.0. The van der Waals surface area contributed by atoms with Gasteiger partial charge in [-0.15, -0.1) is 0 Å².